The van der Waals surface area contributed by atoms with E-state index in [1.54, 1.807) is 6.07 Å². The number of carbonyl (C=O) groups excluding carboxylic acids is 2. The van der Waals surface area contributed by atoms with Gasteiger partial charge in [-0.1, -0.05) is 36.4 Å². The van der Waals surface area contributed by atoms with Crippen LogP contribution in [-0.4, -0.2) is 29.1 Å². The van der Waals surface area contributed by atoms with Crippen molar-refractivity contribution in [2.24, 2.45) is 0 Å². The molecule has 2 aromatic carbocycles. The number of hydrogen-bond donors (Lipinski definition) is 3. The third kappa shape index (κ3) is 3.94. The fourth-order valence-electron chi connectivity index (χ4n) is 3.33. The van der Waals surface area contributed by atoms with E-state index in [2.05, 4.69) is 16.7 Å². The minimum atomic E-state index is -1.02. The van der Waals surface area contributed by atoms with Crippen molar-refractivity contribution in [1.82, 2.24) is 5.32 Å². The molecule has 0 aliphatic heterocycles. The smallest absolute Gasteiger partial charge is 0.313 e. The topological polar surface area (TPSA) is 78.4 Å². The maximum absolute atomic E-state index is 12.1. The van der Waals surface area contributed by atoms with Crippen LogP contribution in [0.5, 0.6) is 0 Å². The second-order valence-electron chi connectivity index (χ2n) is 7.05. The Bertz CT molecular complexity index is 847. The van der Waals surface area contributed by atoms with Crippen LogP contribution in [0.1, 0.15) is 28.7 Å². The number of aliphatic hydroxyl groups is 1. The van der Waals surface area contributed by atoms with Gasteiger partial charge >= 0.3 is 11.8 Å². The number of amides is 2. The van der Waals surface area contributed by atoms with E-state index in [1.807, 2.05) is 44.2 Å². The molecule has 0 saturated heterocycles. The predicted molar refractivity (Wildman–Crippen MR) is 101 cm³/mol. The molecule has 0 spiro atoms. The quantitative estimate of drug-likeness (QED) is 0.742. The Labute approximate surface area is 153 Å². The predicted octanol–water partition coefficient (Wildman–Crippen LogP) is 2.28. The first-order chi connectivity index (χ1) is 12.4. The first-order valence-corrected chi connectivity index (χ1v) is 8.82. The molecule has 1 aliphatic carbocycles. The SMILES string of the molecule is Cc1cccc(NC(=O)C(=O)NCC2(O)CCc3ccccc3C2)c1C. The maximum atomic E-state index is 12.1. The van der Waals surface area contributed by atoms with Gasteiger partial charge in [-0.3, -0.25) is 9.59 Å². The highest BCUT2D eigenvalue weighted by Gasteiger charge is 2.33. The molecule has 1 aliphatic rings. The molecule has 2 amide bonds. The summed E-state index contributed by atoms with van der Waals surface area (Å²) in [7, 11) is 0. The number of carbonyl (C=O) groups is 2. The van der Waals surface area contributed by atoms with E-state index < -0.39 is 17.4 Å². The summed E-state index contributed by atoms with van der Waals surface area (Å²) in [6.45, 7) is 3.90. The Morgan fingerprint density at radius 1 is 1.04 bits per heavy atom. The lowest BCUT2D eigenvalue weighted by molar-refractivity contribution is -0.136. The van der Waals surface area contributed by atoms with Gasteiger partial charge in [0.15, 0.2) is 0 Å². The Kier molecular flexibility index (Phi) is 5.09. The second kappa shape index (κ2) is 7.30. The summed E-state index contributed by atoms with van der Waals surface area (Å²) >= 11 is 0. The highest BCUT2D eigenvalue weighted by Crippen LogP contribution is 2.28. The van der Waals surface area contributed by atoms with Crippen molar-refractivity contribution in [3.05, 3.63) is 64.7 Å². The molecule has 1 atom stereocenters. The van der Waals surface area contributed by atoms with Crippen LogP contribution in [0, 0.1) is 13.8 Å². The summed E-state index contributed by atoms with van der Waals surface area (Å²) < 4.78 is 0. The number of benzene rings is 2. The van der Waals surface area contributed by atoms with E-state index in [9.17, 15) is 14.7 Å². The van der Waals surface area contributed by atoms with Crippen LogP contribution in [0.2, 0.25) is 0 Å². The molecular formula is C21H24N2O3. The van der Waals surface area contributed by atoms with Crippen LogP contribution in [0.25, 0.3) is 0 Å². The fraction of sp³-hybridized carbons (Fsp3) is 0.333. The van der Waals surface area contributed by atoms with E-state index in [-0.39, 0.29) is 6.54 Å². The van der Waals surface area contributed by atoms with Gasteiger partial charge in [0.05, 0.1) is 5.60 Å². The average molecular weight is 352 g/mol. The van der Waals surface area contributed by atoms with Crippen molar-refractivity contribution in [3.63, 3.8) is 0 Å². The molecule has 136 valence electrons. The van der Waals surface area contributed by atoms with Gasteiger partial charge in [0.2, 0.25) is 0 Å². The third-order valence-corrected chi connectivity index (χ3v) is 5.13. The van der Waals surface area contributed by atoms with Gasteiger partial charge in [0.1, 0.15) is 0 Å². The fourth-order valence-corrected chi connectivity index (χ4v) is 3.33. The standard InChI is InChI=1S/C21H24N2O3/c1-14-6-5-9-18(15(14)2)23-20(25)19(24)22-13-21(26)11-10-16-7-3-4-8-17(16)12-21/h3-9,26H,10-13H2,1-2H3,(H,22,24)(H,23,25). The zero-order valence-electron chi connectivity index (χ0n) is 15.1. The summed E-state index contributed by atoms with van der Waals surface area (Å²) in [5.41, 5.74) is 3.89. The molecule has 0 saturated carbocycles. The summed E-state index contributed by atoms with van der Waals surface area (Å²) in [6, 6.07) is 13.5. The average Bonchev–Trinajstić information content (AvgIpc) is 2.63. The number of fused-ring (bicyclic) bond motifs is 1. The molecular weight excluding hydrogens is 328 g/mol. The number of nitrogens with one attached hydrogen (secondary N) is 2. The minimum Gasteiger partial charge on any atom is -0.388 e. The Morgan fingerprint density at radius 2 is 1.77 bits per heavy atom. The Morgan fingerprint density at radius 3 is 2.54 bits per heavy atom. The van der Waals surface area contributed by atoms with Gasteiger partial charge < -0.3 is 15.7 Å². The molecule has 1 unspecified atom stereocenters. The van der Waals surface area contributed by atoms with Crippen LogP contribution in [0.15, 0.2) is 42.5 Å². The van der Waals surface area contributed by atoms with E-state index in [0.29, 0.717) is 18.5 Å². The van der Waals surface area contributed by atoms with Crippen LogP contribution < -0.4 is 10.6 Å². The molecule has 0 aromatic heterocycles. The molecule has 2 aromatic rings. The van der Waals surface area contributed by atoms with Gasteiger partial charge in [-0.15, -0.1) is 0 Å². The number of anilines is 1. The number of rotatable bonds is 3. The highest BCUT2D eigenvalue weighted by molar-refractivity contribution is 6.39. The van der Waals surface area contributed by atoms with E-state index in [0.717, 1.165) is 23.1 Å². The molecule has 3 rings (SSSR count). The third-order valence-electron chi connectivity index (χ3n) is 5.13. The first-order valence-electron chi connectivity index (χ1n) is 8.82. The molecule has 26 heavy (non-hydrogen) atoms. The summed E-state index contributed by atoms with van der Waals surface area (Å²) in [5.74, 6) is -1.46. The van der Waals surface area contributed by atoms with Crippen LogP contribution in [0.3, 0.4) is 0 Å². The van der Waals surface area contributed by atoms with Gasteiger partial charge in [-0.25, -0.2) is 0 Å². The van der Waals surface area contributed by atoms with Crippen molar-refractivity contribution in [3.8, 4) is 0 Å². The molecule has 5 heteroatoms. The molecule has 3 N–H and O–H groups in total. The van der Waals surface area contributed by atoms with Crippen molar-refractivity contribution in [2.45, 2.75) is 38.7 Å². The lowest BCUT2D eigenvalue weighted by Gasteiger charge is -2.33. The Balaban J connectivity index is 1.58. The monoisotopic (exact) mass is 352 g/mol. The maximum Gasteiger partial charge on any atom is 0.313 e. The van der Waals surface area contributed by atoms with Crippen LogP contribution in [0.4, 0.5) is 5.69 Å². The second-order valence-corrected chi connectivity index (χ2v) is 7.05. The summed E-state index contributed by atoms with van der Waals surface area (Å²) in [5, 5.41) is 16.0. The van der Waals surface area contributed by atoms with E-state index >= 15 is 0 Å². The van der Waals surface area contributed by atoms with E-state index in [4.69, 9.17) is 0 Å². The van der Waals surface area contributed by atoms with Gasteiger partial charge in [0.25, 0.3) is 0 Å². The normalized spacial score (nSPS) is 18.7. The van der Waals surface area contributed by atoms with E-state index in [1.165, 1.54) is 5.56 Å². The zero-order chi connectivity index (χ0) is 18.7. The molecule has 0 fully saturated rings. The van der Waals surface area contributed by atoms with Crippen molar-refractivity contribution < 1.29 is 14.7 Å². The molecule has 5 nitrogen and oxygen atoms in total. The largest absolute Gasteiger partial charge is 0.388 e. The van der Waals surface area contributed by atoms with Gasteiger partial charge in [-0.2, -0.15) is 0 Å². The number of hydrogen-bond acceptors (Lipinski definition) is 3. The zero-order valence-corrected chi connectivity index (χ0v) is 15.1. The Hall–Kier alpha value is -2.66. The lowest BCUT2D eigenvalue weighted by atomic mass is 9.80. The minimum absolute atomic E-state index is 0.0559. The summed E-state index contributed by atoms with van der Waals surface area (Å²) in [4.78, 5) is 24.3. The molecule has 0 bridgehead atoms. The van der Waals surface area contributed by atoms with Crippen molar-refractivity contribution in [2.75, 3.05) is 11.9 Å². The van der Waals surface area contributed by atoms with Gasteiger partial charge in [0, 0.05) is 18.7 Å². The van der Waals surface area contributed by atoms with Crippen molar-refractivity contribution in [1.29, 1.82) is 0 Å². The summed E-state index contributed by atoms with van der Waals surface area (Å²) in [6.07, 6.45) is 1.79. The number of aryl methyl sites for hydroxylation is 2. The highest BCUT2D eigenvalue weighted by atomic mass is 16.3. The van der Waals surface area contributed by atoms with Crippen LogP contribution >= 0.6 is 0 Å². The lowest BCUT2D eigenvalue weighted by Crippen LogP contribution is -2.49. The molecule has 0 heterocycles. The van der Waals surface area contributed by atoms with Crippen LogP contribution in [-0.2, 0) is 22.4 Å². The first kappa shape index (κ1) is 18.1. The van der Waals surface area contributed by atoms with Crippen molar-refractivity contribution >= 4 is 17.5 Å². The van der Waals surface area contributed by atoms with Gasteiger partial charge in [-0.05, 0) is 55.0 Å². The molecule has 0 radical (unpaired) electrons.